The number of piperazine rings is 1. The van der Waals surface area contributed by atoms with Crippen molar-refractivity contribution in [2.75, 3.05) is 31.1 Å². The van der Waals surface area contributed by atoms with Crippen LogP contribution < -0.4 is 4.90 Å². The van der Waals surface area contributed by atoms with Crippen molar-refractivity contribution in [3.8, 4) is 6.07 Å². The molecule has 1 aliphatic rings. The first kappa shape index (κ1) is 19.5. The van der Waals surface area contributed by atoms with Crippen molar-refractivity contribution in [2.45, 2.75) is 12.4 Å². The fourth-order valence-corrected chi connectivity index (χ4v) is 3.15. The quantitative estimate of drug-likeness (QED) is 0.746. The van der Waals surface area contributed by atoms with Gasteiger partial charge in [-0.3, -0.25) is 4.90 Å². The molecule has 0 atom stereocenters. The first-order chi connectivity index (χ1) is 11.7. The highest BCUT2D eigenvalue weighted by Gasteiger charge is 2.19. The van der Waals surface area contributed by atoms with Crippen LogP contribution in [0, 0.1) is 17.1 Å². The molecule has 3 nitrogen and oxygen atoms in total. The Bertz CT molecular complexity index is 735. The summed E-state index contributed by atoms with van der Waals surface area (Å²) in [5.74, 6) is 0.217. The van der Waals surface area contributed by atoms with Crippen molar-refractivity contribution in [1.29, 1.82) is 5.26 Å². The van der Waals surface area contributed by atoms with Gasteiger partial charge in [-0.25, -0.2) is 4.39 Å². The molecule has 1 fully saturated rings. The summed E-state index contributed by atoms with van der Waals surface area (Å²) in [7, 11) is 0. The van der Waals surface area contributed by atoms with Gasteiger partial charge in [-0.15, -0.1) is 24.0 Å². The molecular weight excluding hydrogens is 360 g/mol. The number of nitrogens with zero attached hydrogens (tertiary/aromatic N) is 3. The molecule has 0 saturated carbocycles. The fourth-order valence-electron chi connectivity index (χ4n) is 2.97. The number of hydrogen-bond acceptors (Lipinski definition) is 3. The number of anilines is 1. The highest BCUT2D eigenvalue weighted by molar-refractivity contribution is 6.17. The number of rotatable bonds is 4. The Hall–Kier alpha value is -1.80. The summed E-state index contributed by atoms with van der Waals surface area (Å²) in [6, 6.07) is 15.0. The summed E-state index contributed by atoms with van der Waals surface area (Å²) in [6.07, 6.45) is 0. The summed E-state index contributed by atoms with van der Waals surface area (Å²) in [4.78, 5) is 4.41. The van der Waals surface area contributed by atoms with Gasteiger partial charge in [-0.05, 0) is 29.3 Å². The molecular formula is C19H20Cl2FN3. The van der Waals surface area contributed by atoms with Gasteiger partial charge in [0.2, 0.25) is 0 Å². The highest BCUT2D eigenvalue weighted by Crippen LogP contribution is 2.22. The van der Waals surface area contributed by atoms with Crippen molar-refractivity contribution < 1.29 is 4.39 Å². The average molecular weight is 380 g/mol. The molecule has 1 aliphatic heterocycles. The van der Waals surface area contributed by atoms with Crippen LogP contribution in [0.5, 0.6) is 0 Å². The molecule has 0 unspecified atom stereocenters. The molecule has 6 heteroatoms. The Morgan fingerprint density at radius 2 is 1.64 bits per heavy atom. The zero-order chi connectivity index (χ0) is 16.9. The van der Waals surface area contributed by atoms with Crippen molar-refractivity contribution >= 4 is 29.7 Å². The van der Waals surface area contributed by atoms with E-state index < -0.39 is 0 Å². The van der Waals surface area contributed by atoms with Crippen LogP contribution >= 0.6 is 24.0 Å². The van der Waals surface area contributed by atoms with E-state index in [-0.39, 0.29) is 18.2 Å². The summed E-state index contributed by atoms with van der Waals surface area (Å²) in [5, 5.41) is 8.83. The van der Waals surface area contributed by atoms with Gasteiger partial charge >= 0.3 is 0 Å². The molecule has 1 heterocycles. The lowest BCUT2D eigenvalue weighted by Gasteiger charge is -2.36. The Balaban J connectivity index is 0.00000225. The van der Waals surface area contributed by atoms with Crippen molar-refractivity contribution in [2.24, 2.45) is 0 Å². The number of halogens is 3. The van der Waals surface area contributed by atoms with E-state index in [2.05, 4.69) is 29.2 Å². The Labute approximate surface area is 159 Å². The van der Waals surface area contributed by atoms with Gasteiger partial charge in [-0.2, -0.15) is 5.26 Å². The van der Waals surface area contributed by atoms with E-state index in [1.165, 1.54) is 11.6 Å². The monoisotopic (exact) mass is 379 g/mol. The zero-order valence-electron chi connectivity index (χ0n) is 13.8. The van der Waals surface area contributed by atoms with Gasteiger partial charge < -0.3 is 4.90 Å². The first-order valence-electron chi connectivity index (χ1n) is 8.00. The molecule has 0 aromatic heterocycles. The molecule has 25 heavy (non-hydrogen) atoms. The topological polar surface area (TPSA) is 30.3 Å². The molecule has 0 bridgehead atoms. The molecule has 0 spiro atoms. The van der Waals surface area contributed by atoms with Crippen LogP contribution in [-0.2, 0) is 12.4 Å². The minimum atomic E-state index is -0.320. The van der Waals surface area contributed by atoms with Crippen LogP contribution in [0.2, 0.25) is 0 Å². The Morgan fingerprint density at radius 3 is 2.20 bits per heavy atom. The third-order valence-corrected chi connectivity index (χ3v) is 4.68. The number of alkyl halides is 1. The second kappa shape index (κ2) is 9.05. The van der Waals surface area contributed by atoms with Crippen LogP contribution in [-0.4, -0.2) is 31.1 Å². The smallest absolute Gasteiger partial charge is 0.147 e. The largest absolute Gasteiger partial charge is 0.367 e. The predicted octanol–water partition coefficient (Wildman–Crippen LogP) is 4.18. The van der Waals surface area contributed by atoms with Gasteiger partial charge in [0.15, 0.2) is 0 Å². The highest BCUT2D eigenvalue weighted by atomic mass is 35.5. The summed E-state index contributed by atoms with van der Waals surface area (Å²) in [6.45, 7) is 4.23. The van der Waals surface area contributed by atoms with Crippen molar-refractivity contribution in [3.63, 3.8) is 0 Å². The van der Waals surface area contributed by atoms with Crippen LogP contribution in [0.25, 0.3) is 0 Å². The fraction of sp³-hybridized carbons (Fsp3) is 0.316. The van der Waals surface area contributed by atoms with Crippen molar-refractivity contribution in [3.05, 3.63) is 65.0 Å². The number of nitriles is 1. The Morgan fingerprint density at radius 1 is 1.00 bits per heavy atom. The van der Waals surface area contributed by atoms with E-state index >= 15 is 0 Å². The first-order valence-corrected chi connectivity index (χ1v) is 8.54. The SMILES string of the molecule is Cl.N#Cc1ccc(N2CCN(Cc3ccc(CCl)cc3)CC2)c(F)c1. The standard InChI is InChI=1S/C19H19ClFN3.ClH/c20-12-15-1-3-16(4-2-15)14-23-7-9-24(10-8-23)19-6-5-17(13-22)11-18(19)21;/h1-6,11H,7-10,12,14H2;1H. The van der Waals surface area contributed by atoms with E-state index in [0.717, 1.165) is 38.3 Å². The van der Waals surface area contributed by atoms with Gasteiger partial charge in [0.25, 0.3) is 0 Å². The maximum absolute atomic E-state index is 14.1. The number of hydrogen-bond donors (Lipinski definition) is 0. The molecule has 132 valence electrons. The van der Waals surface area contributed by atoms with E-state index in [1.54, 1.807) is 12.1 Å². The van der Waals surface area contributed by atoms with Crippen LogP contribution in [0.4, 0.5) is 10.1 Å². The van der Waals surface area contributed by atoms with Gasteiger partial charge in [0.1, 0.15) is 5.82 Å². The lowest BCUT2D eigenvalue weighted by Crippen LogP contribution is -2.46. The lowest BCUT2D eigenvalue weighted by molar-refractivity contribution is 0.249. The van der Waals surface area contributed by atoms with Crippen LogP contribution in [0.1, 0.15) is 16.7 Å². The van der Waals surface area contributed by atoms with E-state index in [4.69, 9.17) is 16.9 Å². The minimum absolute atomic E-state index is 0. The van der Waals surface area contributed by atoms with E-state index in [1.807, 2.05) is 11.0 Å². The van der Waals surface area contributed by atoms with Gasteiger partial charge in [-0.1, -0.05) is 24.3 Å². The van der Waals surface area contributed by atoms with Gasteiger partial charge in [0, 0.05) is 38.6 Å². The third kappa shape index (κ3) is 4.85. The average Bonchev–Trinajstić information content (AvgIpc) is 2.63. The number of benzene rings is 2. The molecule has 2 aromatic carbocycles. The summed E-state index contributed by atoms with van der Waals surface area (Å²) in [5.41, 5.74) is 3.33. The normalized spacial score (nSPS) is 14.7. The molecule has 0 aliphatic carbocycles. The van der Waals surface area contributed by atoms with Crippen LogP contribution in [0.3, 0.4) is 0 Å². The van der Waals surface area contributed by atoms with E-state index in [0.29, 0.717) is 17.1 Å². The molecule has 2 aromatic rings. The molecule has 3 rings (SSSR count). The second-order valence-corrected chi connectivity index (χ2v) is 6.26. The predicted molar refractivity (Wildman–Crippen MR) is 102 cm³/mol. The molecule has 0 N–H and O–H groups in total. The third-order valence-electron chi connectivity index (χ3n) is 4.37. The minimum Gasteiger partial charge on any atom is -0.367 e. The van der Waals surface area contributed by atoms with Gasteiger partial charge in [0.05, 0.1) is 17.3 Å². The lowest BCUT2D eigenvalue weighted by atomic mass is 10.1. The Kier molecular flexibility index (Phi) is 7.07. The maximum atomic E-state index is 14.1. The van der Waals surface area contributed by atoms with Crippen molar-refractivity contribution in [1.82, 2.24) is 4.90 Å². The molecule has 0 amide bonds. The molecule has 1 saturated heterocycles. The molecule has 0 radical (unpaired) electrons. The summed E-state index contributed by atoms with van der Waals surface area (Å²) >= 11 is 5.81. The second-order valence-electron chi connectivity index (χ2n) is 5.99. The maximum Gasteiger partial charge on any atom is 0.147 e. The summed E-state index contributed by atoms with van der Waals surface area (Å²) < 4.78 is 14.1. The van der Waals surface area contributed by atoms with E-state index in [9.17, 15) is 4.39 Å². The van der Waals surface area contributed by atoms with Crippen LogP contribution in [0.15, 0.2) is 42.5 Å². The zero-order valence-corrected chi connectivity index (χ0v) is 15.4.